The summed E-state index contributed by atoms with van der Waals surface area (Å²) < 4.78 is 4.75. The molecule has 0 bridgehead atoms. The molecule has 0 radical (unpaired) electrons. The van der Waals surface area contributed by atoms with Gasteiger partial charge in [0, 0.05) is 49.6 Å². The van der Waals surface area contributed by atoms with Crippen LogP contribution in [0, 0.1) is 0 Å². The van der Waals surface area contributed by atoms with Crippen LogP contribution in [-0.2, 0) is 0 Å². The maximum Gasteiger partial charge on any atom is 0.164 e. The standard InChI is InChI=1S/C57H37N5/c1-3-18-38(19-4-1)43-24-7-9-29-48(43)56-58-55(59-57(60-56)49-30-10-8-25-44(49)39-20-5-2-6-21-39)40-22-17-23-41(36-40)61-53-33-16-13-28-47(53)50-37-42(34-35-54(50)61)62-51-31-14-11-26-45(51)46-27-12-15-32-52(46)62/h1-37H. The van der Waals surface area contributed by atoms with Crippen LogP contribution in [0.4, 0.5) is 0 Å². The highest BCUT2D eigenvalue weighted by Gasteiger charge is 2.20. The molecule has 12 aromatic rings. The zero-order chi connectivity index (χ0) is 41.0. The summed E-state index contributed by atoms with van der Waals surface area (Å²) in [5.74, 6) is 1.84. The largest absolute Gasteiger partial charge is 0.309 e. The Kier molecular flexibility index (Phi) is 8.42. The van der Waals surface area contributed by atoms with E-state index in [4.69, 9.17) is 15.0 Å². The summed E-state index contributed by atoms with van der Waals surface area (Å²) in [6.45, 7) is 0. The second-order valence-corrected chi connectivity index (χ2v) is 15.6. The van der Waals surface area contributed by atoms with Gasteiger partial charge >= 0.3 is 0 Å². The van der Waals surface area contributed by atoms with Crippen molar-refractivity contribution in [2.75, 3.05) is 0 Å². The minimum atomic E-state index is 0.604. The summed E-state index contributed by atoms with van der Waals surface area (Å²) >= 11 is 0. The average molecular weight is 792 g/mol. The Hall–Kier alpha value is -8.41. The van der Waals surface area contributed by atoms with Crippen molar-refractivity contribution >= 4 is 43.6 Å². The lowest BCUT2D eigenvalue weighted by atomic mass is 9.98. The van der Waals surface area contributed by atoms with Crippen molar-refractivity contribution in [2.24, 2.45) is 0 Å². The van der Waals surface area contributed by atoms with Crippen LogP contribution < -0.4 is 0 Å². The van der Waals surface area contributed by atoms with Gasteiger partial charge in [-0.2, -0.15) is 0 Å². The number of hydrogen-bond acceptors (Lipinski definition) is 3. The van der Waals surface area contributed by atoms with E-state index < -0.39 is 0 Å². The van der Waals surface area contributed by atoms with E-state index in [1.807, 2.05) is 12.1 Å². The van der Waals surface area contributed by atoms with Crippen molar-refractivity contribution in [1.82, 2.24) is 24.1 Å². The fourth-order valence-corrected chi connectivity index (χ4v) is 9.20. The van der Waals surface area contributed by atoms with E-state index in [0.29, 0.717) is 17.5 Å². The lowest BCUT2D eigenvalue weighted by Crippen LogP contribution is -2.02. The third-order valence-electron chi connectivity index (χ3n) is 12.0. The number of benzene rings is 9. The van der Waals surface area contributed by atoms with Crippen LogP contribution in [0.15, 0.2) is 224 Å². The van der Waals surface area contributed by atoms with Gasteiger partial charge < -0.3 is 9.13 Å². The molecule has 290 valence electrons. The average Bonchev–Trinajstić information content (AvgIpc) is 3.87. The van der Waals surface area contributed by atoms with E-state index in [-0.39, 0.29) is 0 Å². The molecule has 0 aliphatic carbocycles. The zero-order valence-corrected chi connectivity index (χ0v) is 33.6. The summed E-state index contributed by atoms with van der Waals surface area (Å²) in [7, 11) is 0. The smallest absolute Gasteiger partial charge is 0.164 e. The van der Waals surface area contributed by atoms with E-state index in [0.717, 1.165) is 61.4 Å². The quantitative estimate of drug-likeness (QED) is 0.162. The van der Waals surface area contributed by atoms with Gasteiger partial charge in [0.25, 0.3) is 0 Å². The first kappa shape index (κ1) is 35.5. The van der Waals surface area contributed by atoms with Crippen LogP contribution in [0.3, 0.4) is 0 Å². The first-order valence-electron chi connectivity index (χ1n) is 21.0. The van der Waals surface area contributed by atoms with Crippen LogP contribution in [0.25, 0.3) is 111 Å². The summed E-state index contributed by atoms with van der Waals surface area (Å²) in [5, 5.41) is 4.87. The lowest BCUT2D eigenvalue weighted by molar-refractivity contribution is 1.07. The second-order valence-electron chi connectivity index (χ2n) is 15.6. The summed E-state index contributed by atoms with van der Waals surface area (Å²) in [6.07, 6.45) is 0. The first-order chi connectivity index (χ1) is 30.8. The Labute approximate surface area is 358 Å². The van der Waals surface area contributed by atoms with Crippen LogP contribution in [-0.4, -0.2) is 24.1 Å². The maximum absolute atomic E-state index is 5.29. The highest BCUT2D eigenvalue weighted by molar-refractivity contribution is 6.12. The molecular formula is C57H37N5. The molecule has 3 heterocycles. The topological polar surface area (TPSA) is 48.5 Å². The van der Waals surface area contributed by atoms with Gasteiger partial charge in [-0.25, -0.2) is 15.0 Å². The maximum atomic E-state index is 5.29. The Balaban J connectivity index is 1.05. The predicted molar refractivity (Wildman–Crippen MR) is 256 cm³/mol. The van der Waals surface area contributed by atoms with Gasteiger partial charge in [-0.15, -0.1) is 0 Å². The second kappa shape index (κ2) is 14.7. The molecule has 0 spiro atoms. The zero-order valence-electron chi connectivity index (χ0n) is 33.6. The molecule has 5 nitrogen and oxygen atoms in total. The van der Waals surface area contributed by atoms with Gasteiger partial charge in [0.2, 0.25) is 0 Å². The van der Waals surface area contributed by atoms with E-state index >= 15 is 0 Å². The van der Waals surface area contributed by atoms with Crippen molar-refractivity contribution in [2.45, 2.75) is 0 Å². The number of hydrogen-bond donors (Lipinski definition) is 0. The minimum absolute atomic E-state index is 0.604. The molecule has 12 rings (SSSR count). The van der Waals surface area contributed by atoms with Crippen molar-refractivity contribution in [1.29, 1.82) is 0 Å². The Morgan fingerprint density at radius 1 is 0.242 bits per heavy atom. The Bertz CT molecular complexity index is 3480. The number of aromatic nitrogens is 5. The van der Waals surface area contributed by atoms with E-state index in [9.17, 15) is 0 Å². The molecule has 0 fully saturated rings. The molecule has 0 unspecified atom stereocenters. The summed E-state index contributed by atoms with van der Waals surface area (Å²) in [5.41, 5.74) is 13.9. The summed E-state index contributed by atoms with van der Waals surface area (Å²) in [4.78, 5) is 15.8. The molecular weight excluding hydrogens is 755 g/mol. The van der Waals surface area contributed by atoms with E-state index in [1.54, 1.807) is 0 Å². The van der Waals surface area contributed by atoms with Crippen molar-refractivity contribution in [3.63, 3.8) is 0 Å². The minimum Gasteiger partial charge on any atom is -0.309 e. The normalized spacial score (nSPS) is 11.5. The van der Waals surface area contributed by atoms with Gasteiger partial charge in [-0.1, -0.05) is 176 Å². The predicted octanol–water partition coefficient (Wildman–Crippen LogP) is 14.4. The first-order valence-corrected chi connectivity index (χ1v) is 21.0. The van der Waals surface area contributed by atoms with Crippen LogP contribution in [0.5, 0.6) is 0 Å². The fraction of sp³-hybridized carbons (Fsp3) is 0. The third-order valence-corrected chi connectivity index (χ3v) is 12.0. The lowest BCUT2D eigenvalue weighted by Gasteiger charge is -2.14. The van der Waals surface area contributed by atoms with E-state index in [2.05, 4.69) is 221 Å². The van der Waals surface area contributed by atoms with Gasteiger partial charge in [0.15, 0.2) is 17.5 Å². The third kappa shape index (κ3) is 5.90. The molecule has 0 amide bonds. The number of para-hydroxylation sites is 3. The van der Waals surface area contributed by atoms with Gasteiger partial charge in [0.05, 0.1) is 22.1 Å². The highest BCUT2D eigenvalue weighted by atomic mass is 15.0. The molecule has 0 saturated heterocycles. The van der Waals surface area contributed by atoms with Crippen LogP contribution in [0.1, 0.15) is 0 Å². The summed E-state index contributed by atoms with van der Waals surface area (Å²) in [6, 6.07) is 79.1. The van der Waals surface area contributed by atoms with Crippen molar-refractivity contribution in [3.05, 3.63) is 224 Å². The number of fused-ring (bicyclic) bond motifs is 6. The SMILES string of the molecule is c1ccc(-c2ccccc2-c2nc(-c3cccc(-n4c5ccccc5c5cc(-n6c7ccccc7c7ccccc76)ccc54)c3)nc(-c3ccccc3-c3ccccc3)n2)cc1. The highest BCUT2D eigenvalue weighted by Crippen LogP contribution is 2.39. The molecule has 5 heteroatoms. The fourth-order valence-electron chi connectivity index (χ4n) is 9.20. The van der Waals surface area contributed by atoms with Crippen molar-refractivity contribution in [3.8, 4) is 67.8 Å². The molecule has 0 saturated carbocycles. The molecule has 0 atom stereocenters. The molecule has 3 aromatic heterocycles. The number of rotatable bonds is 7. The molecule has 0 N–H and O–H groups in total. The van der Waals surface area contributed by atoms with Gasteiger partial charge in [-0.3, -0.25) is 0 Å². The molecule has 0 aliphatic heterocycles. The van der Waals surface area contributed by atoms with Gasteiger partial charge in [0.1, 0.15) is 0 Å². The molecule has 9 aromatic carbocycles. The van der Waals surface area contributed by atoms with Gasteiger partial charge in [-0.05, 0) is 70.8 Å². The Morgan fingerprint density at radius 3 is 1.16 bits per heavy atom. The van der Waals surface area contributed by atoms with Crippen molar-refractivity contribution < 1.29 is 0 Å². The Morgan fingerprint density at radius 2 is 0.629 bits per heavy atom. The number of nitrogens with zero attached hydrogens (tertiary/aromatic N) is 5. The monoisotopic (exact) mass is 791 g/mol. The van der Waals surface area contributed by atoms with Crippen LogP contribution in [0.2, 0.25) is 0 Å². The van der Waals surface area contributed by atoms with E-state index in [1.165, 1.54) is 32.6 Å². The molecule has 0 aliphatic rings. The molecule has 62 heavy (non-hydrogen) atoms. The van der Waals surface area contributed by atoms with Crippen LogP contribution >= 0.6 is 0 Å².